The van der Waals surface area contributed by atoms with Gasteiger partial charge in [-0.05, 0) is 31.4 Å². The Kier molecular flexibility index (Phi) is 5.50. The van der Waals surface area contributed by atoms with Gasteiger partial charge in [-0.15, -0.1) is 0 Å². The lowest BCUT2D eigenvalue weighted by molar-refractivity contribution is -0.384. The van der Waals surface area contributed by atoms with E-state index in [2.05, 4.69) is 5.32 Å². The number of rotatable bonds is 5. The van der Waals surface area contributed by atoms with Crippen LogP contribution in [0.25, 0.3) is 0 Å². The minimum absolute atomic E-state index is 0.0842. The van der Waals surface area contributed by atoms with Crippen LogP contribution in [0, 0.1) is 21.4 Å². The van der Waals surface area contributed by atoms with Crippen molar-refractivity contribution >= 4 is 22.2 Å². The lowest BCUT2D eigenvalue weighted by Crippen LogP contribution is -2.33. The zero-order chi connectivity index (χ0) is 16.1. The molecule has 3 unspecified atom stereocenters. The Balaban J connectivity index is 2.15. The van der Waals surface area contributed by atoms with Gasteiger partial charge in [0, 0.05) is 33.9 Å². The van der Waals surface area contributed by atoms with Gasteiger partial charge < -0.3 is 5.32 Å². The van der Waals surface area contributed by atoms with E-state index < -0.39 is 15.7 Å². The average molecular weight is 321 g/mol. The summed E-state index contributed by atoms with van der Waals surface area (Å²) in [6.45, 7) is 1.92. The second-order valence-electron chi connectivity index (χ2n) is 5.40. The molecule has 1 aromatic carbocycles. The predicted octanol–water partition coefficient (Wildman–Crippen LogP) is 2.96. The van der Waals surface area contributed by atoms with Crippen molar-refractivity contribution in [3.8, 4) is 6.07 Å². The van der Waals surface area contributed by atoms with E-state index in [4.69, 9.17) is 5.26 Å². The third kappa shape index (κ3) is 3.83. The lowest BCUT2D eigenvalue weighted by Gasteiger charge is -2.29. The van der Waals surface area contributed by atoms with Gasteiger partial charge in [0.1, 0.15) is 5.69 Å². The van der Waals surface area contributed by atoms with Crippen LogP contribution in [-0.4, -0.2) is 26.2 Å². The number of hydrogen-bond acceptors (Lipinski definition) is 5. The SMILES string of the molecule is CCS(=O)C1CCCC(Nc2ccc(C#N)cc2[N+](=O)[O-])C1. The molecule has 0 spiro atoms. The largest absolute Gasteiger partial charge is 0.377 e. The number of nitro benzene ring substituents is 1. The fourth-order valence-electron chi connectivity index (χ4n) is 2.84. The first-order valence-corrected chi connectivity index (χ1v) is 8.75. The van der Waals surface area contributed by atoms with Crippen molar-refractivity contribution in [3.63, 3.8) is 0 Å². The predicted molar refractivity (Wildman–Crippen MR) is 86.2 cm³/mol. The van der Waals surface area contributed by atoms with E-state index in [0.29, 0.717) is 11.4 Å². The number of nitro groups is 1. The van der Waals surface area contributed by atoms with Crippen molar-refractivity contribution in [2.24, 2.45) is 0 Å². The molecule has 7 heteroatoms. The highest BCUT2D eigenvalue weighted by Crippen LogP contribution is 2.30. The van der Waals surface area contributed by atoms with Gasteiger partial charge in [0.05, 0.1) is 16.6 Å². The van der Waals surface area contributed by atoms with E-state index in [1.165, 1.54) is 6.07 Å². The van der Waals surface area contributed by atoms with E-state index in [1.54, 1.807) is 12.1 Å². The number of nitrogens with zero attached hydrogens (tertiary/aromatic N) is 2. The van der Waals surface area contributed by atoms with Crippen LogP contribution in [0.2, 0.25) is 0 Å². The summed E-state index contributed by atoms with van der Waals surface area (Å²) in [4.78, 5) is 10.7. The maximum atomic E-state index is 12.0. The number of nitrogens with one attached hydrogen (secondary N) is 1. The first-order valence-electron chi connectivity index (χ1n) is 7.37. The number of hydrogen-bond donors (Lipinski definition) is 1. The summed E-state index contributed by atoms with van der Waals surface area (Å²) in [5.41, 5.74) is 0.612. The van der Waals surface area contributed by atoms with Crippen molar-refractivity contribution in [2.75, 3.05) is 11.1 Å². The molecule has 3 atom stereocenters. The molecule has 0 amide bonds. The smallest absolute Gasteiger partial charge is 0.293 e. The van der Waals surface area contributed by atoms with Crippen LogP contribution >= 0.6 is 0 Å². The van der Waals surface area contributed by atoms with Gasteiger partial charge in [-0.1, -0.05) is 13.3 Å². The van der Waals surface area contributed by atoms with Gasteiger partial charge in [0.25, 0.3) is 5.69 Å². The van der Waals surface area contributed by atoms with Crippen molar-refractivity contribution in [3.05, 3.63) is 33.9 Å². The maximum absolute atomic E-state index is 12.0. The fraction of sp³-hybridized carbons (Fsp3) is 0.533. The second-order valence-corrected chi connectivity index (χ2v) is 7.41. The molecule has 118 valence electrons. The van der Waals surface area contributed by atoms with Crippen molar-refractivity contribution in [2.45, 2.75) is 43.9 Å². The normalized spacial score (nSPS) is 22.5. The molecular formula is C15H19N3O3S. The monoisotopic (exact) mass is 321 g/mol. The Labute approximate surface area is 132 Å². The summed E-state index contributed by atoms with van der Waals surface area (Å²) in [6, 6.07) is 6.43. The highest BCUT2D eigenvalue weighted by Gasteiger charge is 2.27. The van der Waals surface area contributed by atoms with Crippen LogP contribution < -0.4 is 5.32 Å². The standard InChI is InChI=1S/C15H19N3O3S/c1-2-22(21)13-5-3-4-12(9-13)17-14-7-6-11(10-16)8-15(14)18(19)20/h6-8,12-13,17H,2-5,9H2,1H3. The number of anilines is 1. The fourth-order valence-corrected chi connectivity index (χ4v) is 4.19. The molecule has 1 N–H and O–H groups in total. The van der Waals surface area contributed by atoms with Gasteiger partial charge >= 0.3 is 0 Å². The van der Waals surface area contributed by atoms with E-state index in [0.717, 1.165) is 25.7 Å². The number of benzene rings is 1. The third-order valence-electron chi connectivity index (χ3n) is 3.97. The van der Waals surface area contributed by atoms with Crippen molar-refractivity contribution in [1.29, 1.82) is 5.26 Å². The summed E-state index contributed by atoms with van der Waals surface area (Å²) < 4.78 is 12.0. The highest BCUT2D eigenvalue weighted by atomic mass is 32.2. The van der Waals surface area contributed by atoms with Gasteiger partial charge in [-0.2, -0.15) is 5.26 Å². The number of nitriles is 1. The molecule has 0 aromatic heterocycles. The van der Waals surface area contributed by atoms with E-state index in [1.807, 2.05) is 13.0 Å². The first kappa shape index (κ1) is 16.4. The molecule has 6 nitrogen and oxygen atoms in total. The Morgan fingerprint density at radius 3 is 2.91 bits per heavy atom. The minimum atomic E-state index is -0.828. The zero-order valence-corrected chi connectivity index (χ0v) is 13.3. The topological polar surface area (TPSA) is 96.0 Å². The van der Waals surface area contributed by atoms with Crippen LogP contribution in [0.5, 0.6) is 0 Å². The van der Waals surface area contributed by atoms with E-state index >= 15 is 0 Å². The van der Waals surface area contributed by atoms with Gasteiger partial charge in [-0.25, -0.2) is 0 Å². The molecule has 1 saturated carbocycles. The second kappa shape index (κ2) is 7.36. The zero-order valence-electron chi connectivity index (χ0n) is 12.4. The summed E-state index contributed by atoms with van der Waals surface area (Å²) in [5, 5.41) is 23.4. The highest BCUT2D eigenvalue weighted by molar-refractivity contribution is 7.85. The third-order valence-corrected chi connectivity index (χ3v) is 5.71. The van der Waals surface area contributed by atoms with Crippen molar-refractivity contribution in [1.82, 2.24) is 0 Å². The molecule has 0 radical (unpaired) electrons. The Hall–Kier alpha value is -1.94. The van der Waals surface area contributed by atoms with Crippen LogP contribution in [0.4, 0.5) is 11.4 Å². The molecule has 0 aliphatic heterocycles. The molecule has 0 saturated heterocycles. The van der Waals surface area contributed by atoms with Crippen LogP contribution in [0.3, 0.4) is 0 Å². The Morgan fingerprint density at radius 2 is 2.27 bits per heavy atom. The molecular weight excluding hydrogens is 302 g/mol. The van der Waals surface area contributed by atoms with Crippen LogP contribution in [0.1, 0.15) is 38.2 Å². The van der Waals surface area contributed by atoms with Gasteiger partial charge in [-0.3, -0.25) is 14.3 Å². The molecule has 0 bridgehead atoms. The molecule has 1 fully saturated rings. The minimum Gasteiger partial charge on any atom is -0.377 e. The maximum Gasteiger partial charge on any atom is 0.293 e. The summed E-state index contributed by atoms with van der Waals surface area (Å²) in [7, 11) is -0.828. The van der Waals surface area contributed by atoms with E-state index in [9.17, 15) is 14.3 Å². The first-order chi connectivity index (χ1) is 10.5. The Morgan fingerprint density at radius 1 is 1.50 bits per heavy atom. The summed E-state index contributed by atoms with van der Waals surface area (Å²) >= 11 is 0. The Bertz CT molecular complexity index is 627. The molecule has 1 aliphatic rings. The molecule has 22 heavy (non-hydrogen) atoms. The summed E-state index contributed by atoms with van der Waals surface area (Å²) in [5.74, 6) is 0.647. The quantitative estimate of drug-likeness (QED) is 0.664. The molecule has 1 aliphatic carbocycles. The molecule has 2 rings (SSSR count). The van der Waals surface area contributed by atoms with Crippen molar-refractivity contribution < 1.29 is 9.13 Å². The average Bonchev–Trinajstić information content (AvgIpc) is 2.54. The summed E-state index contributed by atoms with van der Waals surface area (Å²) in [6.07, 6.45) is 3.60. The molecule has 1 aromatic rings. The molecule has 0 heterocycles. The van der Waals surface area contributed by atoms with Gasteiger partial charge in [0.15, 0.2) is 0 Å². The van der Waals surface area contributed by atoms with E-state index in [-0.39, 0.29) is 22.5 Å². The van der Waals surface area contributed by atoms with Crippen LogP contribution in [0.15, 0.2) is 18.2 Å². The van der Waals surface area contributed by atoms with Gasteiger partial charge in [0.2, 0.25) is 0 Å². The lowest BCUT2D eigenvalue weighted by atomic mass is 9.94. The van der Waals surface area contributed by atoms with Crippen LogP contribution in [-0.2, 0) is 10.8 Å².